The first-order valence-corrected chi connectivity index (χ1v) is 11.8. The maximum Gasteiger partial charge on any atom is 0.228 e. The number of nitriles is 1. The molecule has 3 aromatic heterocycles. The maximum absolute atomic E-state index is 11.8. The molecule has 1 aliphatic carbocycles. The minimum absolute atomic E-state index is 0.0444. The summed E-state index contributed by atoms with van der Waals surface area (Å²) in [5, 5.41) is 20.0. The van der Waals surface area contributed by atoms with E-state index in [1.165, 1.54) is 0 Å². The second-order valence-corrected chi connectivity index (χ2v) is 9.12. The van der Waals surface area contributed by atoms with Gasteiger partial charge < -0.3 is 20.4 Å². The number of carbonyl (C=O) groups is 1. The van der Waals surface area contributed by atoms with E-state index in [4.69, 9.17) is 10.2 Å². The lowest BCUT2D eigenvalue weighted by atomic mass is 10.1. The number of amides is 1. The second-order valence-electron chi connectivity index (χ2n) is 9.12. The molecule has 6 rings (SSSR count). The summed E-state index contributed by atoms with van der Waals surface area (Å²) < 4.78 is 1.85. The molecule has 0 spiro atoms. The van der Waals surface area contributed by atoms with Crippen molar-refractivity contribution >= 4 is 35.1 Å². The van der Waals surface area contributed by atoms with Crippen LogP contribution < -0.4 is 20.4 Å². The maximum atomic E-state index is 11.8. The number of nitrogens with one attached hydrogen (secondary N) is 2. The van der Waals surface area contributed by atoms with Crippen LogP contribution in [0.1, 0.15) is 30.4 Å². The fraction of sp³-hybridized carbons (Fsp3) is 0.320. The number of nitrogens with zero attached hydrogens (tertiary/aromatic N) is 7. The van der Waals surface area contributed by atoms with Gasteiger partial charge in [0, 0.05) is 55.7 Å². The van der Waals surface area contributed by atoms with Gasteiger partial charge in [-0.25, -0.2) is 9.97 Å². The van der Waals surface area contributed by atoms with Crippen LogP contribution >= 0.6 is 0 Å². The first kappa shape index (κ1) is 21.2. The first-order chi connectivity index (χ1) is 17.1. The molecule has 0 radical (unpaired) electrons. The van der Waals surface area contributed by atoms with Crippen molar-refractivity contribution in [3.8, 4) is 6.07 Å². The molecule has 2 saturated heterocycles. The number of allylic oxidation sites excluding steroid dienone is 1. The number of piperazine rings is 1. The molecule has 2 aliphatic heterocycles. The first-order valence-electron chi connectivity index (χ1n) is 11.8. The second kappa shape index (κ2) is 8.43. The van der Waals surface area contributed by atoms with Gasteiger partial charge in [-0.2, -0.15) is 14.9 Å². The lowest BCUT2D eigenvalue weighted by Gasteiger charge is -2.36. The monoisotopic (exact) mass is 467 g/mol. The fourth-order valence-electron chi connectivity index (χ4n) is 4.47. The Morgan fingerprint density at radius 1 is 1.14 bits per heavy atom. The number of anilines is 3. The third-order valence-corrected chi connectivity index (χ3v) is 6.58. The Hall–Kier alpha value is -4.39. The van der Waals surface area contributed by atoms with Crippen LogP contribution in [0.4, 0.5) is 17.5 Å². The lowest BCUT2D eigenvalue weighted by molar-refractivity contribution is -0.118. The van der Waals surface area contributed by atoms with Crippen LogP contribution in [-0.4, -0.2) is 57.7 Å². The third-order valence-electron chi connectivity index (χ3n) is 6.58. The Labute approximate surface area is 202 Å². The molecule has 2 N–H and O–H groups in total. The van der Waals surface area contributed by atoms with Crippen molar-refractivity contribution in [2.75, 3.05) is 41.3 Å². The topological polar surface area (TPSA) is 114 Å². The van der Waals surface area contributed by atoms with Gasteiger partial charge in [0.2, 0.25) is 5.91 Å². The number of aromatic nitrogens is 4. The van der Waals surface area contributed by atoms with Gasteiger partial charge in [0.05, 0.1) is 18.2 Å². The standard InChI is InChI=1S/C25H25N9O/c1-16-18(11-24(35)29-16)10-19-15-28-34-23(30-20-3-4-20)12-22(31-25(19)34)33-8-6-32(7-9-33)21-5-2-17(13-26)14-27-21/h2,5,10,12,14-15,20,30H,1,3-4,6-9,11H2,(H,29,35)/b18-10+. The minimum atomic E-state index is -0.0444. The van der Waals surface area contributed by atoms with Crippen molar-refractivity contribution in [1.29, 1.82) is 5.26 Å². The largest absolute Gasteiger partial charge is 0.367 e. The number of fused-ring (bicyclic) bond motifs is 1. The Kier molecular flexibility index (Phi) is 5.10. The van der Waals surface area contributed by atoms with Crippen molar-refractivity contribution in [1.82, 2.24) is 24.9 Å². The fourth-order valence-corrected chi connectivity index (χ4v) is 4.47. The quantitative estimate of drug-likeness (QED) is 0.588. The lowest BCUT2D eigenvalue weighted by Crippen LogP contribution is -2.47. The summed E-state index contributed by atoms with van der Waals surface area (Å²) >= 11 is 0. The van der Waals surface area contributed by atoms with E-state index in [1.807, 2.05) is 16.7 Å². The molecule has 0 unspecified atom stereocenters. The van der Waals surface area contributed by atoms with Gasteiger partial charge in [0.25, 0.3) is 0 Å². The molecule has 35 heavy (non-hydrogen) atoms. The Balaban J connectivity index is 1.28. The highest BCUT2D eigenvalue weighted by Crippen LogP contribution is 2.30. The van der Waals surface area contributed by atoms with Crippen LogP contribution in [0.2, 0.25) is 0 Å². The van der Waals surface area contributed by atoms with Crippen LogP contribution in [0.3, 0.4) is 0 Å². The van der Waals surface area contributed by atoms with Crippen LogP contribution in [0.5, 0.6) is 0 Å². The summed E-state index contributed by atoms with van der Waals surface area (Å²) in [5.74, 6) is 2.66. The Bertz CT molecular complexity index is 1390. The van der Waals surface area contributed by atoms with Gasteiger partial charge in [-0.1, -0.05) is 6.58 Å². The molecule has 3 aliphatic rings. The van der Waals surface area contributed by atoms with Crippen molar-refractivity contribution in [3.05, 3.63) is 59.6 Å². The Morgan fingerprint density at radius 3 is 2.54 bits per heavy atom. The van der Waals surface area contributed by atoms with Crippen molar-refractivity contribution < 1.29 is 4.79 Å². The summed E-state index contributed by atoms with van der Waals surface area (Å²) in [4.78, 5) is 25.7. The van der Waals surface area contributed by atoms with E-state index < -0.39 is 0 Å². The van der Waals surface area contributed by atoms with Crippen molar-refractivity contribution in [2.24, 2.45) is 0 Å². The molecule has 10 nitrogen and oxygen atoms in total. The number of hydrogen-bond acceptors (Lipinski definition) is 8. The SMILES string of the molecule is C=C1NC(=O)C/C1=C\c1cnn2c(NC3CC3)cc(N3CCN(c4ccc(C#N)cn4)CC3)nc12. The third kappa shape index (κ3) is 4.17. The van der Waals surface area contributed by atoms with E-state index in [9.17, 15) is 4.79 Å². The number of carbonyl (C=O) groups excluding carboxylic acids is 1. The van der Waals surface area contributed by atoms with Crippen molar-refractivity contribution in [2.45, 2.75) is 25.3 Å². The van der Waals surface area contributed by atoms with Crippen LogP contribution in [0.15, 0.2) is 48.4 Å². The highest BCUT2D eigenvalue weighted by atomic mass is 16.1. The Morgan fingerprint density at radius 2 is 1.91 bits per heavy atom. The predicted octanol–water partition coefficient (Wildman–Crippen LogP) is 2.31. The van der Waals surface area contributed by atoms with Gasteiger partial charge in [-0.15, -0.1) is 0 Å². The molecule has 10 heteroatoms. The van der Waals surface area contributed by atoms with Gasteiger partial charge in [0.1, 0.15) is 23.5 Å². The summed E-state index contributed by atoms with van der Waals surface area (Å²) in [6, 6.07) is 8.36. The molecular formula is C25H25N9O. The summed E-state index contributed by atoms with van der Waals surface area (Å²) in [6.07, 6.45) is 7.98. The molecule has 3 fully saturated rings. The zero-order valence-corrected chi connectivity index (χ0v) is 19.2. The molecule has 3 aromatic rings. The van der Waals surface area contributed by atoms with Gasteiger partial charge >= 0.3 is 0 Å². The van der Waals surface area contributed by atoms with Crippen LogP contribution in [0, 0.1) is 11.3 Å². The van der Waals surface area contributed by atoms with Crippen LogP contribution in [-0.2, 0) is 4.79 Å². The van der Waals surface area contributed by atoms with Gasteiger partial charge in [-0.3, -0.25) is 4.79 Å². The average Bonchev–Trinajstić information content (AvgIpc) is 3.52. The van der Waals surface area contributed by atoms with E-state index in [0.29, 0.717) is 23.7 Å². The molecule has 1 saturated carbocycles. The molecular weight excluding hydrogens is 442 g/mol. The normalized spacial score (nSPS) is 19.3. The van der Waals surface area contributed by atoms with E-state index in [1.54, 1.807) is 18.5 Å². The molecule has 5 heterocycles. The summed E-state index contributed by atoms with van der Waals surface area (Å²) in [5.41, 5.74) is 3.67. The number of pyridine rings is 1. The van der Waals surface area contributed by atoms with Gasteiger partial charge in [-0.05, 0) is 36.6 Å². The number of hydrogen-bond donors (Lipinski definition) is 2. The smallest absolute Gasteiger partial charge is 0.228 e. The molecule has 0 bridgehead atoms. The average molecular weight is 468 g/mol. The summed E-state index contributed by atoms with van der Waals surface area (Å²) in [7, 11) is 0. The van der Waals surface area contributed by atoms with Crippen LogP contribution in [0.25, 0.3) is 11.7 Å². The van der Waals surface area contributed by atoms with E-state index in [0.717, 1.165) is 73.3 Å². The van der Waals surface area contributed by atoms with Crippen molar-refractivity contribution in [3.63, 3.8) is 0 Å². The molecule has 0 atom stereocenters. The van der Waals surface area contributed by atoms with E-state index >= 15 is 0 Å². The highest BCUT2D eigenvalue weighted by Gasteiger charge is 2.26. The van der Waals surface area contributed by atoms with Gasteiger partial charge in [0.15, 0.2) is 5.65 Å². The zero-order valence-electron chi connectivity index (χ0n) is 19.2. The number of rotatable bonds is 5. The predicted molar refractivity (Wildman–Crippen MR) is 133 cm³/mol. The molecule has 176 valence electrons. The molecule has 0 aromatic carbocycles. The zero-order chi connectivity index (χ0) is 23.9. The minimum Gasteiger partial charge on any atom is -0.367 e. The summed E-state index contributed by atoms with van der Waals surface area (Å²) in [6.45, 7) is 7.16. The molecule has 1 amide bonds. The highest BCUT2D eigenvalue weighted by molar-refractivity contribution is 5.89. The van der Waals surface area contributed by atoms with E-state index in [-0.39, 0.29) is 5.91 Å². The van der Waals surface area contributed by atoms with E-state index in [2.05, 4.69) is 49.2 Å².